The van der Waals surface area contributed by atoms with Gasteiger partial charge in [0.05, 0.1) is 12.1 Å². The standard InChI is InChI=1S/C14H20ClN5O/c1-10(2)7-16-8-11-5-4-6-12(15)14(11)21-9-13-17-19-20(3)18-13/h4-6,10,16H,7-9H2,1-3H3. The van der Waals surface area contributed by atoms with Crippen molar-refractivity contribution < 1.29 is 4.74 Å². The Hall–Kier alpha value is -1.66. The van der Waals surface area contributed by atoms with Gasteiger partial charge in [0, 0.05) is 12.1 Å². The summed E-state index contributed by atoms with van der Waals surface area (Å²) in [5.74, 6) is 1.79. The van der Waals surface area contributed by atoms with Gasteiger partial charge in [-0.1, -0.05) is 37.6 Å². The zero-order valence-corrected chi connectivity index (χ0v) is 13.3. The Morgan fingerprint density at radius 3 is 2.86 bits per heavy atom. The van der Waals surface area contributed by atoms with E-state index in [0.717, 1.165) is 12.1 Å². The minimum atomic E-state index is 0.245. The minimum absolute atomic E-state index is 0.245. The minimum Gasteiger partial charge on any atom is -0.484 e. The molecule has 6 nitrogen and oxygen atoms in total. The summed E-state index contributed by atoms with van der Waals surface area (Å²) in [5.41, 5.74) is 1.02. The maximum Gasteiger partial charge on any atom is 0.212 e. The Morgan fingerprint density at radius 1 is 1.38 bits per heavy atom. The fourth-order valence-electron chi connectivity index (χ4n) is 1.87. The van der Waals surface area contributed by atoms with Gasteiger partial charge in [0.1, 0.15) is 5.75 Å². The van der Waals surface area contributed by atoms with Crippen LogP contribution in [0.5, 0.6) is 5.75 Å². The third-order valence-electron chi connectivity index (χ3n) is 2.81. The average molecular weight is 310 g/mol. The highest BCUT2D eigenvalue weighted by Crippen LogP contribution is 2.29. The van der Waals surface area contributed by atoms with Gasteiger partial charge in [0.25, 0.3) is 0 Å². The van der Waals surface area contributed by atoms with Crippen molar-refractivity contribution in [1.29, 1.82) is 0 Å². The van der Waals surface area contributed by atoms with Gasteiger partial charge in [-0.2, -0.15) is 4.80 Å². The van der Waals surface area contributed by atoms with Crippen molar-refractivity contribution in [1.82, 2.24) is 25.5 Å². The summed E-state index contributed by atoms with van der Waals surface area (Å²) in [6, 6.07) is 5.73. The maximum atomic E-state index is 6.23. The molecule has 1 heterocycles. The highest BCUT2D eigenvalue weighted by atomic mass is 35.5. The molecule has 0 spiro atoms. The van der Waals surface area contributed by atoms with Crippen LogP contribution in [0.25, 0.3) is 0 Å². The predicted octanol–water partition coefficient (Wildman–Crippen LogP) is 2.19. The molecule has 0 saturated heterocycles. The molecule has 0 atom stereocenters. The molecule has 114 valence electrons. The van der Waals surface area contributed by atoms with Gasteiger partial charge in [-0.25, -0.2) is 0 Å². The van der Waals surface area contributed by atoms with E-state index in [1.54, 1.807) is 7.05 Å². The second-order valence-corrected chi connectivity index (χ2v) is 5.64. The number of rotatable bonds is 7. The normalized spacial score (nSPS) is 11.1. The number of nitrogens with one attached hydrogen (secondary N) is 1. The van der Waals surface area contributed by atoms with Crippen molar-refractivity contribution in [2.75, 3.05) is 6.54 Å². The molecule has 0 bridgehead atoms. The molecule has 0 radical (unpaired) electrons. The molecule has 0 unspecified atom stereocenters. The Morgan fingerprint density at radius 2 is 2.19 bits per heavy atom. The SMILES string of the molecule is CC(C)CNCc1cccc(Cl)c1OCc1nnn(C)n1. The summed E-state index contributed by atoms with van der Waals surface area (Å²) in [6.45, 7) is 6.23. The largest absolute Gasteiger partial charge is 0.484 e. The number of tetrazole rings is 1. The predicted molar refractivity (Wildman–Crippen MR) is 81.1 cm³/mol. The van der Waals surface area contributed by atoms with Gasteiger partial charge in [0.15, 0.2) is 6.61 Å². The van der Waals surface area contributed by atoms with Crippen LogP contribution in [0.4, 0.5) is 0 Å². The molecule has 21 heavy (non-hydrogen) atoms. The van der Waals surface area contributed by atoms with Gasteiger partial charge in [-0.05, 0) is 23.7 Å². The number of hydrogen-bond donors (Lipinski definition) is 1. The van der Waals surface area contributed by atoms with E-state index in [2.05, 4.69) is 34.6 Å². The van der Waals surface area contributed by atoms with E-state index in [1.165, 1.54) is 4.80 Å². The smallest absolute Gasteiger partial charge is 0.212 e. The Kier molecular flexibility index (Phi) is 5.52. The number of benzene rings is 1. The number of nitrogens with zero attached hydrogens (tertiary/aromatic N) is 4. The fraction of sp³-hybridized carbons (Fsp3) is 0.500. The second-order valence-electron chi connectivity index (χ2n) is 5.24. The van der Waals surface area contributed by atoms with Gasteiger partial charge in [0.2, 0.25) is 5.82 Å². The molecule has 0 aliphatic heterocycles. The molecule has 0 fully saturated rings. The van der Waals surface area contributed by atoms with Gasteiger partial charge in [-0.15, -0.1) is 10.2 Å². The first kappa shape index (κ1) is 15.7. The number of ether oxygens (including phenoxy) is 1. The molecule has 2 aromatic rings. The second kappa shape index (κ2) is 7.38. The summed E-state index contributed by atoms with van der Waals surface area (Å²) in [5, 5.41) is 15.7. The first-order valence-electron chi connectivity index (χ1n) is 6.90. The van der Waals surface area contributed by atoms with Crippen molar-refractivity contribution in [2.24, 2.45) is 13.0 Å². The van der Waals surface area contributed by atoms with E-state index in [4.69, 9.17) is 16.3 Å². The number of hydrogen-bond acceptors (Lipinski definition) is 5. The zero-order chi connectivity index (χ0) is 15.2. The molecule has 0 aliphatic rings. The fourth-order valence-corrected chi connectivity index (χ4v) is 2.12. The van der Waals surface area contributed by atoms with Crippen LogP contribution in [0, 0.1) is 5.92 Å². The maximum absolute atomic E-state index is 6.23. The Labute approximate surface area is 129 Å². The summed E-state index contributed by atoms with van der Waals surface area (Å²) >= 11 is 6.23. The van der Waals surface area contributed by atoms with Crippen LogP contribution in [0.3, 0.4) is 0 Å². The molecule has 0 saturated carbocycles. The van der Waals surface area contributed by atoms with Gasteiger partial charge >= 0.3 is 0 Å². The molecule has 0 aliphatic carbocycles. The van der Waals surface area contributed by atoms with Crippen LogP contribution in [0.2, 0.25) is 5.02 Å². The van der Waals surface area contributed by atoms with Crippen molar-refractivity contribution in [2.45, 2.75) is 27.0 Å². The molecule has 1 N–H and O–H groups in total. The zero-order valence-electron chi connectivity index (χ0n) is 12.5. The molecule has 2 rings (SSSR count). The highest BCUT2D eigenvalue weighted by molar-refractivity contribution is 6.32. The lowest BCUT2D eigenvalue weighted by atomic mass is 10.2. The average Bonchev–Trinajstić information content (AvgIpc) is 2.83. The van der Waals surface area contributed by atoms with Crippen LogP contribution >= 0.6 is 11.6 Å². The first-order valence-corrected chi connectivity index (χ1v) is 7.28. The Bertz CT molecular complexity index is 584. The van der Waals surface area contributed by atoms with Crippen LogP contribution in [-0.2, 0) is 20.2 Å². The highest BCUT2D eigenvalue weighted by Gasteiger charge is 2.10. The molecular weight excluding hydrogens is 290 g/mol. The van der Waals surface area contributed by atoms with Crippen LogP contribution < -0.4 is 10.1 Å². The van der Waals surface area contributed by atoms with Crippen LogP contribution in [0.1, 0.15) is 25.2 Å². The van der Waals surface area contributed by atoms with E-state index >= 15 is 0 Å². The summed E-state index contributed by atoms with van der Waals surface area (Å²) in [6.07, 6.45) is 0. The Balaban J connectivity index is 2.02. The van der Waals surface area contributed by atoms with E-state index in [0.29, 0.717) is 29.1 Å². The van der Waals surface area contributed by atoms with Crippen molar-refractivity contribution in [3.8, 4) is 5.75 Å². The summed E-state index contributed by atoms with van der Waals surface area (Å²) in [4.78, 5) is 1.40. The first-order chi connectivity index (χ1) is 10.1. The van der Waals surface area contributed by atoms with E-state index in [9.17, 15) is 0 Å². The number of aryl methyl sites for hydroxylation is 1. The lowest BCUT2D eigenvalue weighted by molar-refractivity contribution is 0.291. The quantitative estimate of drug-likeness (QED) is 0.849. The topological polar surface area (TPSA) is 64.9 Å². The summed E-state index contributed by atoms with van der Waals surface area (Å²) in [7, 11) is 1.72. The molecule has 1 aromatic heterocycles. The van der Waals surface area contributed by atoms with E-state index < -0.39 is 0 Å². The molecule has 7 heteroatoms. The van der Waals surface area contributed by atoms with Crippen molar-refractivity contribution in [3.05, 3.63) is 34.6 Å². The van der Waals surface area contributed by atoms with Crippen molar-refractivity contribution >= 4 is 11.6 Å². The number of para-hydroxylation sites is 1. The monoisotopic (exact) mass is 309 g/mol. The summed E-state index contributed by atoms with van der Waals surface area (Å²) < 4.78 is 5.77. The lowest BCUT2D eigenvalue weighted by Gasteiger charge is -2.13. The van der Waals surface area contributed by atoms with Crippen LogP contribution in [-0.4, -0.2) is 26.8 Å². The number of halogens is 1. The van der Waals surface area contributed by atoms with E-state index in [1.807, 2.05) is 18.2 Å². The molecular formula is C14H20ClN5O. The third kappa shape index (κ3) is 4.68. The van der Waals surface area contributed by atoms with E-state index in [-0.39, 0.29) is 6.61 Å². The number of aromatic nitrogens is 4. The van der Waals surface area contributed by atoms with Crippen molar-refractivity contribution in [3.63, 3.8) is 0 Å². The third-order valence-corrected chi connectivity index (χ3v) is 3.11. The lowest BCUT2D eigenvalue weighted by Crippen LogP contribution is -2.19. The van der Waals surface area contributed by atoms with Crippen LogP contribution in [0.15, 0.2) is 18.2 Å². The molecule has 0 amide bonds. The van der Waals surface area contributed by atoms with Gasteiger partial charge < -0.3 is 10.1 Å². The van der Waals surface area contributed by atoms with Gasteiger partial charge in [-0.3, -0.25) is 0 Å². The molecule has 1 aromatic carbocycles.